The fourth-order valence-corrected chi connectivity index (χ4v) is 1.94. The number of methoxy groups -OCH3 is 1. The molecule has 2 N–H and O–H groups in total. The molecule has 0 radical (unpaired) electrons. The highest BCUT2D eigenvalue weighted by molar-refractivity contribution is 5.94. The van der Waals surface area contributed by atoms with Gasteiger partial charge in [0.15, 0.2) is 0 Å². The molecular formula is C13H12N4O3. The maximum absolute atomic E-state index is 11.9. The van der Waals surface area contributed by atoms with E-state index in [0.717, 1.165) is 10.9 Å². The van der Waals surface area contributed by atoms with E-state index in [1.807, 2.05) is 12.1 Å². The van der Waals surface area contributed by atoms with Crippen LogP contribution in [-0.4, -0.2) is 28.2 Å². The molecule has 0 unspecified atom stereocenters. The Hall–Kier alpha value is -2.83. The van der Waals surface area contributed by atoms with Crippen LogP contribution in [0.4, 0.5) is 5.95 Å². The largest absolute Gasteiger partial charge is 0.497 e. The lowest BCUT2D eigenvalue weighted by Crippen LogP contribution is -2.15. The molecule has 2 heterocycles. The van der Waals surface area contributed by atoms with Crippen LogP contribution in [0.1, 0.15) is 5.56 Å². The summed E-state index contributed by atoms with van der Waals surface area (Å²) in [6, 6.07) is 5.48. The van der Waals surface area contributed by atoms with Gasteiger partial charge in [-0.05, 0) is 12.1 Å². The second-order valence-corrected chi connectivity index (χ2v) is 4.18. The molecule has 102 valence electrons. The molecule has 1 aromatic carbocycles. The highest BCUT2D eigenvalue weighted by atomic mass is 16.5. The van der Waals surface area contributed by atoms with Crippen LogP contribution in [0, 0.1) is 0 Å². The normalized spacial score (nSPS) is 10.7. The third kappa shape index (κ3) is 2.33. The van der Waals surface area contributed by atoms with E-state index in [9.17, 15) is 4.79 Å². The Labute approximate surface area is 114 Å². The fraction of sp³-hybridized carbons (Fsp3) is 0.154. The number of furan rings is 1. The summed E-state index contributed by atoms with van der Waals surface area (Å²) in [5.41, 5.74) is 1.49. The van der Waals surface area contributed by atoms with E-state index in [2.05, 4.69) is 20.5 Å². The van der Waals surface area contributed by atoms with Gasteiger partial charge in [-0.3, -0.25) is 10.1 Å². The first-order valence-corrected chi connectivity index (χ1v) is 5.95. The lowest BCUT2D eigenvalue weighted by molar-refractivity contribution is -0.115. The lowest BCUT2D eigenvalue weighted by Gasteiger charge is -2.01. The zero-order chi connectivity index (χ0) is 13.9. The van der Waals surface area contributed by atoms with E-state index < -0.39 is 0 Å². The minimum atomic E-state index is -0.194. The van der Waals surface area contributed by atoms with Gasteiger partial charge in [0, 0.05) is 17.0 Å². The first-order chi connectivity index (χ1) is 9.76. The zero-order valence-electron chi connectivity index (χ0n) is 10.7. The van der Waals surface area contributed by atoms with Crippen LogP contribution in [0.5, 0.6) is 5.75 Å². The second-order valence-electron chi connectivity index (χ2n) is 4.18. The number of rotatable bonds is 4. The minimum Gasteiger partial charge on any atom is -0.497 e. The van der Waals surface area contributed by atoms with E-state index in [1.54, 1.807) is 19.4 Å². The topological polar surface area (TPSA) is 93.0 Å². The van der Waals surface area contributed by atoms with Crippen molar-refractivity contribution in [2.24, 2.45) is 0 Å². The van der Waals surface area contributed by atoms with Gasteiger partial charge in [-0.2, -0.15) is 10.1 Å². The molecule has 20 heavy (non-hydrogen) atoms. The van der Waals surface area contributed by atoms with Crippen molar-refractivity contribution in [3.63, 3.8) is 0 Å². The maximum atomic E-state index is 11.9. The van der Waals surface area contributed by atoms with Gasteiger partial charge in [0.2, 0.25) is 11.9 Å². The van der Waals surface area contributed by atoms with Crippen LogP contribution in [0.25, 0.3) is 11.0 Å². The van der Waals surface area contributed by atoms with Gasteiger partial charge >= 0.3 is 0 Å². The molecule has 0 atom stereocenters. The van der Waals surface area contributed by atoms with Gasteiger partial charge in [-0.25, -0.2) is 5.10 Å². The van der Waals surface area contributed by atoms with Crippen LogP contribution in [0.15, 0.2) is 35.2 Å². The molecule has 2 aromatic heterocycles. The number of fused-ring (bicyclic) bond motifs is 1. The van der Waals surface area contributed by atoms with Crippen LogP contribution in [0.2, 0.25) is 0 Å². The number of anilines is 1. The SMILES string of the molecule is COc1ccc2c(CC(=O)Nc3ncn[nH]3)coc2c1. The van der Waals surface area contributed by atoms with Gasteiger partial charge in [0.25, 0.3) is 0 Å². The molecule has 0 saturated heterocycles. The summed E-state index contributed by atoms with van der Waals surface area (Å²) in [5.74, 6) is 0.842. The average Bonchev–Trinajstić information content (AvgIpc) is 3.08. The number of nitrogens with one attached hydrogen (secondary N) is 2. The van der Waals surface area contributed by atoms with Crippen molar-refractivity contribution in [1.82, 2.24) is 15.2 Å². The Balaban J connectivity index is 1.79. The van der Waals surface area contributed by atoms with Crippen molar-refractivity contribution in [3.05, 3.63) is 36.4 Å². The number of carbonyl (C=O) groups is 1. The molecule has 0 bridgehead atoms. The smallest absolute Gasteiger partial charge is 0.231 e. The van der Waals surface area contributed by atoms with E-state index >= 15 is 0 Å². The van der Waals surface area contributed by atoms with Gasteiger partial charge < -0.3 is 9.15 Å². The third-order valence-corrected chi connectivity index (χ3v) is 2.89. The number of hydrogen-bond acceptors (Lipinski definition) is 5. The number of carbonyl (C=O) groups excluding carboxylic acids is 1. The third-order valence-electron chi connectivity index (χ3n) is 2.89. The van der Waals surface area contributed by atoms with Gasteiger partial charge in [-0.15, -0.1) is 0 Å². The molecule has 0 aliphatic carbocycles. The van der Waals surface area contributed by atoms with Crippen LogP contribution in [0.3, 0.4) is 0 Å². The van der Waals surface area contributed by atoms with Crippen molar-refractivity contribution in [3.8, 4) is 5.75 Å². The molecular weight excluding hydrogens is 260 g/mol. The van der Waals surface area contributed by atoms with Crippen molar-refractivity contribution in [2.45, 2.75) is 6.42 Å². The number of amides is 1. The quantitative estimate of drug-likeness (QED) is 0.754. The molecule has 0 fully saturated rings. The van der Waals surface area contributed by atoms with Crippen LogP contribution in [-0.2, 0) is 11.2 Å². The van der Waals surface area contributed by atoms with Crippen molar-refractivity contribution >= 4 is 22.8 Å². The molecule has 7 nitrogen and oxygen atoms in total. The molecule has 3 aromatic rings. The summed E-state index contributed by atoms with van der Waals surface area (Å²) < 4.78 is 10.6. The van der Waals surface area contributed by atoms with Crippen molar-refractivity contribution < 1.29 is 13.9 Å². The monoisotopic (exact) mass is 272 g/mol. The second kappa shape index (κ2) is 5.04. The minimum absolute atomic E-state index is 0.194. The molecule has 0 aliphatic rings. The summed E-state index contributed by atoms with van der Waals surface area (Å²) in [6.45, 7) is 0. The Bertz CT molecular complexity index is 733. The number of H-pyrrole nitrogens is 1. The standard InChI is InChI=1S/C13H12N4O3/c1-19-9-2-3-10-8(6-20-11(10)5-9)4-12(18)16-13-14-7-15-17-13/h2-3,5-7H,4H2,1H3,(H2,14,15,16,17,18). The summed E-state index contributed by atoms with van der Waals surface area (Å²) in [4.78, 5) is 15.7. The fourth-order valence-electron chi connectivity index (χ4n) is 1.94. The molecule has 3 rings (SSSR count). The summed E-state index contributed by atoms with van der Waals surface area (Å²) in [7, 11) is 1.59. The predicted octanol–water partition coefficient (Wildman–Crippen LogP) is 1.74. The first-order valence-electron chi connectivity index (χ1n) is 5.95. The Kier molecular flexibility index (Phi) is 3.08. The molecule has 0 spiro atoms. The van der Waals surface area contributed by atoms with Gasteiger partial charge in [-0.1, -0.05) is 0 Å². The van der Waals surface area contributed by atoms with Crippen molar-refractivity contribution in [2.75, 3.05) is 12.4 Å². The predicted molar refractivity (Wildman–Crippen MR) is 71.5 cm³/mol. The first kappa shape index (κ1) is 12.2. The summed E-state index contributed by atoms with van der Waals surface area (Å²) in [6.07, 6.45) is 3.10. The van der Waals surface area contributed by atoms with E-state index in [1.165, 1.54) is 6.33 Å². The van der Waals surface area contributed by atoms with Crippen molar-refractivity contribution in [1.29, 1.82) is 0 Å². The summed E-state index contributed by atoms with van der Waals surface area (Å²) in [5, 5.41) is 9.73. The zero-order valence-corrected chi connectivity index (χ0v) is 10.7. The van der Waals surface area contributed by atoms with E-state index in [4.69, 9.17) is 9.15 Å². The maximum Gasteiger partial charge on any atom is 0.231 e. The highest BCUT2D eigenvalue weighted by Crippen LogP contribution is 2.25. The number of nitrogens with zero attached hydrogens (tertiary/aromatic N) is 2. The number of aromatic nitrogens is 3. The van der Waals surface area contributed by atoms with E-state index in [-0.39, 0.29) is 12.3 Å². The number of benzene rings is 1. The Morgan fingerprint density at radius 2 is 2.40 bits per heavy atom. The van der Waals surface area contributed by atoms with E-state index in [0.29, 0.717) is 17.3 Å². The Morgan fingerprint density at radius 3 is 3.15 bits per heavy atom. The summed E-state index contributed by atoms with van der Waals surface area (Å²) >= 11 is 0. The highest BCUT2D eigenvalue weighted by Gasteiger charge is 2.12. The number of ether oxygens (including phenoxy) is 1. The lowest BCUT2D eigenvalue weighted by atomic mass is 10.1. The van der Waals surface area contributed by atoms with Crippen LogP contribution >= 0.6 is 0 Å². The average molecular weight is 272 g/mol. The van der Waals surface area contributed by atoms with Gasteiger partial charge in [0.05, 0.1) is 19.8 Å². The number of aromatic amines is 1. The Morgan fingerprint density at radius 1 is 1.50 bits per heavy atom. The molecule has 0 aliphatic heterocycles. The van der Waals surface area contributed by atoms with Gasteiger partial charge in [0.1, 0.15) is 17.7 Å². The molecule has 0 saturated carbocycles. The van der Waals surface area contributed by atoms with Crippen LogP contribution < -0.4 is 10.1 Å². The number of hydrogen-bond donors (Lipinski definition) is 2. The molecule has 1 amide bonds. The molecule has 7 heteroatoms.